The fourth-order valence-electron chi connectivity index (χ4n) is 3.52. The molecule has 2 aromatic carbocycles. The highest BCUT2D eigenvalue weighted by Crippen LogP contribution is 2.23. The zero-order chi connectivity index (χ0) is 25.0. The summed E-state index contributed by atoms with van der Waals surface area (Å²) in [4.78, 5) is 12.8. The Morgan fingerprint density at radius 2 is 1.80 bits per heavy atom. The topological polar surface area (TPSA) is 105 Å². The lowest BCUT2D eigenvalue weighted by Gasteiger charge is -2.10. The standard InChI is InChI=1S/C25H25N5O3S2/c1-17-10-12-20(13-11-17)16-30-19(3)22(18(2)28-30)15-26-27-25(31)21-7-4-5-8-23(21)29-35(32,33)24-9-6-14-34-24/h4-15,29H,16H2,1-3H3,(H,27,31)/b26-15-. The van der Waals surface area contributed by atoms with Gasteiger partial charge in [-0.1, -0.05) is 48.0 Å². The Balaban J connectivity index is 1.48. The van der Waals surface area contributed by atoms with Gasteiger partial charge in [0.15, 0.2) is 0 Å². The second-order valence-corrected chi connectivity index (χ2v) is 10.9. The van der Waals surface area contributed by atoms with E-state index in [2.05, 4.69) is 44.6 Å². The first kappa shape index (κ1) is 24.4. The van der Waals surface area contributed by atoms with E-state index in [1.165, 1.54) is 23.8 Å². The number of aryl methyl sites for hydroxylation is 2. The van der Waals surface area contributed by atoms with Crippen molar-refractivity contribution < 1.29 is 13.2 Å². The van der Waals surface area contributed by atoms with Crippen molar-refractivity contribution >= 4 is 39.2 Å². The maximum absolute atomic E-state index is 12.8. The van der Waals surface area contributed by atoms with Crippen LogP contribution in [0, 0.1) is 20.8 Å². The summed E-state index contributed by atoms with van der Waals surface area (Å²) >= 11 is 1.10. The molecule has 0 spiro atoms. The van der Waals surface area contributed by atoms with Crippen LogP contribution in [0.1, 0.15) is 38.4 Å². The molecule has 0 bridgehead atoms. The number of carbonyl (C=O) groups is 1. The summed E-state index contributed by atoms with van der Waals surface area (Å²) in [5.41, 5.74) is 7.68. The molecule has 1 amide bonds. The molecule has 0 fully saturated rings. The largest absolute Gasteiger partial charge is 0.278 e. The van der Waals surface area contributed by atoms with E-state index in [9.17, 15) is 13.2 Å². The number of amides is 1. The number of thiophene rings is 1. The van der Waals surface area contributed by atoms with Crippen LogP contribution in [-0.4, -0.2) is 30.3 Å². The minimum absolute atomic E-state index is 0.160. The average molecular weight is 508 g/mol. The molecule has 2 N–H and O–H groups in total. The minimum Gasteiger partial charge on any atom is -0.278 e. The van der Waals surface area contributed by atoms with Crippen molar-refractivity contribution in [3.8, 4) is 0 Å². The number of hydrogen-bond acceptors (Lipinski definition) is 6. The predicted octanol–water partition coefficient (Wildman–Crippen LogP) is 4.48. The van der Waals surface area contributed by atoms with E-state index in [1.54, 1.807) is 29.8 Å². The van der Waals surface area contributed by atoms with Gasteiger partial charge in [-0.25, -0.2) is 13.8 Å². The van der Waals surface area contributed by atoms with Gasteiger partial charge in [0.05, 0.1) is 29.7 Å². The first-order chi connectivity index (χ1) is 16.7. The van der Waals surface area contributed by atoms with E-state index in [0.717, 1.165) is 33.9 Å². The summed E-state index contributed by atoms with van der Waals surface area (Å²) in [5.74, 6) is -0.534. The van der Waals surface area contributed by atoms with Gasteiger partial charge in [-0.15, -0.1) is 11.3 Å². The maximum Gasteiger partial charge on any atom is 0.273 e. The smallest absolute Gasteiger partial charge is 0.273 e. The summed E-state index contributed by atoms with van der Waals surface area (Å²) in [6.45, 7) is 6.51. The molecule has 8 nitrogen and oxygen atoms in total. The Hall–Kier alpha value is -3.76. The Bertz CT molecular complexity index is 1470. The van der Waals surface area contributed by atoms with Crippen LogP contribution in [-0.2, 0) is 16.6 Å². The molecular formula is C25H25N5O3S2. The van der Waals surface area contributed by atoms with Gasteiger partial charge in [0.25, 0.3) is 15.9 Å². The van der Waals surface area contributed by atoms with Crippen molar-refractivity contribution in [2.45, 2.75) is 31.5 Å². The first-order valence-corrected chi connectivity index (χ1v) is 13.2. The van der Waals surface area contributed by atoms with Crippen molar-refractivity contribution in [1.82, 2.24) is 15.2 Å². The summed E-state index contributed by atoms with van der Waals surface area (Å²) in [7, 11) is -3.79. The lowest BCUT2D eigenvalue weighted by atomic mass is 10.1. The molecule has 2 aromatic heterocycles. The number of rotatable bonds is 8. The fourth-order valence-corrected chi connectivity index (χ4v) is 5.59. The third-order valence-electron chi connectivity index (χ3n) is 5.43. The van der Waals surface area contributed by atoms with E-state index < -0.39 is 15.9 Å². The minimum atomic E-state index is -3.79. The van der Waals surface area contributed by atoms with Gasteiger partial charge in [0, 0.05) is 11.3 Å². The number of nitrogens with zero attached hydrogens (tertiary/aromatic N) is 3. The number of anilines is 1. The summed E-state index contributed by atoms with van der Waals surface area (Å²) in [6.07, 6.45) is 1.56. The van der Waals surface area contributed by atoms with Crippen LogP contribution < -0.4 is 10.1 Å². The molecule has 0 aliphatic carbocycles. The van der Waals surface area contributed by atoms with E-state index in [1.807, 2.05) is 25.5 Å². The Morgan fingerprint density at radius 3 is 2.51 bits per heavy atom. The lowest BCUT2D eigenvalue weighted by molar-refractivity contribution is 0.0956. The highest BCUT2D eigenvalue weighted by Gasteiger charge is 2.19. The Morgan fingerprint density at radius 1 is 1.06 bits per heavy atom. The number of sulfonamides is 1. The maximum atomic E-state index is 12.8. The third kappa shape index (κ3) is 5.67. The van der Waals surface area contributed by atoms with Crippen LogP contribution >= 0.6 is 11.3 Å². The first-order valence-electron chi connectivity index (χ1n) is 10.8. The number of carbonyl (C=O) groups excluding carboxylic acids is 1. The molecule has 4 rings (SSSR count). The van der Waals surface area contributed by atoms with Crippen LogP contribution in [0.3, 0.4) is 0 Å². The molecule has 0 aliphatic heterocycles. The van der Waals surface area contributed by atoms with Gasteiger partial charge in [0.2, 0.25) is 0 Å². The van der Waals surface area contributed by atoms with Gasteiger partial charge < -0.3 is 0 Å². The quantitative estimate of drug-likeness (QED) is 0.271. The zero-order valence-corrected chi connectivity index (χ0v) is 21.2. The molecule has 0 saturated heterocycles. The number of benzene rings is 2. The second-order valence-electron chi connectivity index (χ2n) is 8.01. The molecule has 180 valence electrons. The van der Waals surface area contributed by atoms with Crippen LogP contribution in [0.4, 0.5) is 5.69 Å². The van der Waals surface area contributed by atoms with Crippen LogP contribution in [0.2, 0.25) is 0 Å². The predicted molar refractivity (Wildman–Crippen MR) is 139 cm³/mol. The van der Waals surface area contributed by atoms with Gasteiger partial charge in [-0.2, -0.15) is 10.2 Å². The molecule has 0 unspecified atom stereocenters. The van der Waals surface area contributed by atoms with E-state index >= 15 is 0 Å². The van der Waals surface area contributed by atoms with Crippen molar-refractivity contribution in [1.29, 1.82) is 0 Å². The van der Waals surface area contributed by atoms with E-state index in [-0.39, 0.29) is 15.5 Å². The number of hydrogen-bond donors (Lipinski definition) is 2. The zero-order valence-electron chi connectivity index (χ0n) is 19.5. The fraction of sp³-hybridized carbons (Fsp3) is 0.160. The molecule has 0 saturated carbocycles. The number of nitrogens with one attached hydrogen (secondary N) is 2. The van der Waals surface area contributed by atoms with Crippen LogP contribution in [0.15, 0.2) is 75.4 Å². The molecule has 10 heteroatoms. The van der Waals surface area contributed by atoms with Crippen molar-refractivity contribution in [2.75, 3.05) is 4.72 Å². The third-order valence-corrected chi connectivity index (χ3v) is 8.19. The van der Waals surface area contributed by atoms with Crippen molar-refractivity contribution in [2.24, 2.45) is 5.10 Å². The number of hydrazone groups is 1. The van der Waals surface area contributed by atoms with Gasteiger partial charge in [0.1, 0.15) is 4.21 Å². The molecular weight excluding hydrogens is 482 g/mol. The van der Waals surface area contributed by atoms with Crippen molar-refractivity contribution in [3.63, 3.8) is 0 Å². The number of para-hydroxylation sites is 1. The van der Waals surface area contributed by atoms with Crippen LogP contribution in [0.25, 0.3) is 0 Å². The molecule has 0 radical (unpaired) electrons. The lowest BCUT2D eigenvalue weighted by Crippen LogP contribution is -2.21. The van der Waals surface area contributed by atoms with Crippen LogP contribution in [0.5, 0.6) is 0 Å². The highest BCUT2D eigenvalue weighted by atomic mass is 32.2. The number of aromatic nitrogens is 2. The SMILES string of the molecule is Cc1ccc(Cn2nc(C)c(/C=N\NC(=O)c3ccccc3NS(=O)(=O)c3cccs3)c2C)cc1. The van der Waals surface area contributed by atoms with Crippen molar-refractivity contribution in [3.05, 3.63) is 99.7 Å². The monoisotopic (exact) mass is 507 g/mol. The van der Waals surface area contributed by atoms with Gasteiger partial charge in [-0.05, 0) is 49.9 Å². The second kappa shape index (κ2) is 10.2. The molecule has 0 aliphatic rings. The molecule has 2 heterocycles. The highest BCUT2D eigenvalue weighted by molar-refractivity contribution is 7.94. The average Bonchev–Trinajstić information content (AvgIpc) is 3.46. The molecule has 35 heavy (non-hydrogen) atoms. The summed E-state index contributed by atoms with van der Waals surface area (Å²) < 4.78 is 29.7. The Labute approximate surface area is 208 Å². The summed E-state index contributed by atoms with van der Waals surface area (Å²) in [5, 5.41) is 10.4. The van der Waals surface area contributed by atoms with E-state index in [0.29, 0.717) is 6.54 Å². The molecule has 0 atom stereocenters. The Kier molecular flexibility index (Phi) is 7.13. The van der Waals surface area contributed by atoms with E-state index in [4.69, 9.17) is 0 Å². The normalized spacial score (nSPS) is 11.6. The summed E-state index contributed by atoms with van der Waals surface area (Å²) in [6, 6.07) is 17.8. The van der Waals surface area contributed by atoms with Gasteiger partial charge in [-0.3, -0.25) is 14.2 Å². The molecule has 4 aromatic rings. The van der Waals surface area contributed by atoms with Gasteiger partial charge >= 0.3 is 0 Å².